The van der Waals surface area contributed by atoms with E-state index in [-0.39, 0.29) is 11.7 Å². The number of nitrogens with two attached hydrogens (primary N) is 1. The first kappa shape index (κ1) is 10.9. The minimum atomic E-state index is -0.253. The van der Waals surface area contributed by atoms with Gasteiger partial charge in [-0.3, -0.25) is 0 Å². The van der Waals surface area contributed by atoms with Crippen LogP contribution in [0.1, 0.15) is 12.0 Å². The topological polar surface area (TPSA) is 43.1 Å². The maximum Gasteiger partial charge on any atom is 0.126 e. The Morgan fingerprint density at radius 2 is 2.14 bits per heavy atom. The molecule has 0 radical (unpaired) electrons. The van der Waals surface area contributed by atoms with Crippen LogP contribution in [0, 0.1) is 11.7 Å². The SMILES string of the molecule is NCCC(C=O)Cc1ccccc1F. The molecular formula is C11H14FNO. The number of halogens is 1. The first-order valence-corrected chi connectivity index (χ1v) is 4.66. The zero-order chi connectivity index (χ0) is 10.4. The van der Waals surface area contributed by atoms with E-state index in [0.717, 1.165) is 6.29 Å². The van der Waals surface area contributed by atoms with E-state index in [1.165, 1.54) is 6.07 Å². The van der Waals surface area contributed by atoms with Gasteiger partial charge in [0.15, 0.2) is 0 Å². The van der Waals surface area contributed by atoms with E-state index in [9.17, 15) is 9.18 Å². The van der Waals surface area contributed by atoms with Crippen molar-refractivity contribution in [2.45, 2.75) is 12.8 Å². The Hall–Kier alpha value is -1.22. The summed E-state index contributed by atoms with van der Waals surface area (Å²) in [6, 6.07) is 6.50. The molecule has 0 fully saturated rings. The molecule has 0 amide bonds. The quantitative estimate of drug-likeness (QED) is 0.724. The van der Waals surface area contributed by atoms with Gasteiger partial charge in [-0.15, -0.1) is 0 Å². The predicted molar refractivity (Wildman–Crippen MR) is 53.3 cm³/mol. The smallest absolute Gasteiger partial charge is 0.126 e. The summed E-state index contributed by atoms with van der Waals surface area (Å²) in [6.45, 7) is 0.456. The Morgan fingerprint density at radius 3 is 2.71 bits per heavy atom. The minimum absolute atomic E-state index is 0.170. The lowest BCUT2D eigenvalue weighted by Gasteiger charge is -2.08. The van der Waals surface area contributed by atoms with Crippen molar-refractivity contribution in [3.05, 3.63) is 35.6 Å². The summed E-state index contributed by atoms with van der Waals surface area (Å²) in [5.74, 6) is -0.423. The number of carbonyl (C=O) groups is 1. The van der Waals surface area contributed by atoms with Crippen LogP contribution in [0.4, 0.5) is 4.39 Å². The first-order chi connectivity index (χ1) is 6.77. The van der Waals surface area contributed by atoms with Gasteiger partial charge in [0.05, 0.1) is 0 Å². The van der Waals surface area contributed by atoms with E-state index in [1.807, 2.05) is 0 Å². The lowest BCUT2D eigenvalue weighted by Crippen LogP contribution is -2.13. The zero-order valence-corrected chi connectivity index (χ0v) is 7.95. The van der Waals surface area contributed by atoms with E-state index in [2.05, 4.69) is 0 Å². The fraction of sp³-hybridized carbons (Fsp3) is 0.364. The zero-order valence-electron chi connectivity index (χ0n) is 7.95. The van der Waals surface area contributed by atoms with Crippen LogP contribution in [0.15, 0.2) is 24.3 Å². The largest absolute Gasteiger partial charge is 0.330 e. The molecule has 1 aromatic rings. The maximum atomic E-state index is 13.2. The predicted octanol–water partition coefficient (Wildman–Crippen LogP) is 1.53. The summed E-state index contributed by atoms with van der Waals surface area (Å²) >= 11 is 0. The highest BCUT2D eigenvalue weighted by molar-refractivity contribution is 5.54. The molecule has 0 saturated carbocycles. The van der Waals surface area contributed by atoms with Gasteiger partial charge in [0.25, 0.3) is 0 Å². The molecule has 0 aromatic heterocycles. The van der Waals surface area contributed by atoms with Crippen molar-refractivity contribution in [1.82, 2.24) is 0 Å². The molecule has 1 aromatic carbocycles. The van der Waals surface area contributed by atoms with Gasteiger partial charge in [0, 0.05) is 5.92 Å². The third-order valence-electron chi connectivity index (χ3n) is 2.17. The van der Waals surface area contributed by atoms with E-state index >= 15 is 0 Å². The molecule has 2 nitrogen and oxygen atoms in total. The monoisotopic (exact) mass is 195 g/mol. The Morgan fingerprint density at radius 1 is 1.43 bits per heavy atom. The van der Waals surface area contributed by atoms with Crippen molar-refractivity contribution in [1.29, 1.82) is 0 Å². The highest BCUT2D eigenvalue weighted by Crippen LogP contribution is 2.13. The number of rotatable bonds is 5. The molecule has 2 N–H and O–H groups in total. The number of hydrogen-bond acceptors (Lipinski definition) is 2. The van der Waals surface area contributed by atoms with Gasteiger partial charge in [-0.05, 0) is 31.0 Å². The first-order valence-electron chi connectivity index (χ1n) is 4.66. The number of benzene rings is 1. The fourth-order valence-corrected chi connectivity index (χ4v) is 1.38. The Bertz CT molecular complexity index is 301. The molecule has 0 heterocycles. The number of carbonyl (C=O) groups excluding carboxylic acids is 1. The molecule has 0 aliphatic carbocycles. The molecule has 3 heteroatoms. The van der Waals surface area contributed by atoms with Crippen LogP contribution in [-0.2, 0) is 11.2 Å². The Balaban J connectivity index is 2.66. The van der Waals surface area contributed by atoms with Gasteiger partial charge in [-0.25, -0.2) is 4.39 Å². The standard InChI is InChI=1S/C11H14FNO/c12-11-4-2-1-3-10(11)7-9(8-14)5-6-13/h1-4,8-9H,5-7,13H2. The van der Waals surface area contributed by atoms with E-state index in [0.29, 0.717) is 24.9 Å². The second kappa shape index (κ2) is 5.50. The van der Waals surface area contributed by atoms with Crippen molar-refractivity contribution >= 4 is 6.29 Å². The normalized spacial score (nSPS) is 12.4. The van der Waals surface area contributed by atoms with Crippen molar-refractivity contribution in [3.8, 4) is 0 Å². The van der Waals surface area contributed by atoms with Gasteiger partial charge in [-0.2, -0.15) is 0 Å². The molecule has 1 rings (SSSR count). The van der Waals surface area contributed by atoms with Gasteiger partial charge < -0.3 is 10.5 Å². The number of aldehydes is 1. The van der Waals surface area contributed by atoms with Crippen LogP contribution in [0.25, 0.3) is 0 Å². The van der Waals surface area contributed by atoms with Crippen LogP contribution in [0.2, 0.25) is 0 Å². The highest BCUT2D eigenvalue weighted by Gasteiger charge is 2.09. The second-order valence-electron chi connectivity index (χ2n) is 3.27. The molecule has 14 heavy (non-hydrogen) atoms. The lowest BCUT2D eigenvalue weighted by molar-refractivity contribution is -0.111. The van der Waals surface area contributed by atoms with Crippen LogP contribution in [0.5, 0.6) is 0 Å². The third-order valence-corrected chi connectivity index (χ3v) is 2.17. The van der Waals surface area contributed by atoms with Crippen molar-refractivity contribution in [2.75, 3.05) is 6.54 Å². The third kappa shape index (κ3) is 2.92. The number of hydrogen-bond donors (Lipinski definition) is 1. The maximum absolute atomic E-state index is 13.2. The molecule has 0 spiro atoms. The van der Waals surface area contributed by atoms with Gasteiger partial charge in [-0.1, -0.05) is 18.2 Å². The van der Waals surface area contributed by atoms with Crippen molar-refractivity contribution < 1.29 is 9.18 Å². The van der Waals surface area contributed by atoms with Crippen LogP contribution >= 0.6 is 0 Å². The van der Waals surface area contributed by atoms with Crippen molar-refractivity contribution in [2.24, 2.45) is 11.7 Å². The molecule has 0 aliphatic rings. The van der Waals surface area contributed by atoms with E-state index < -0.39 is 0 Å². The average molecular weight is 195 g/mol. The van der Waals surface area contributed by atoms with E-state index in [1.54, 1.807) is 18.2 Å². The summed E-state index contributed by atoms with van der Waals surface area (Å²) in [5.41, 5.74) is 5.93. The molecule has 76 valence electrons. The van der Waals surface area contributed by atoms with Crippen LogP contribution in [0.3, 0.4) is 0 Å². The average Bonchev–Trinajstić information content (AvgIpc) is 2.20. The molecular weight excluding hydrogens is 181 g/mol. The molecule has 0 bridgehead atoms. The summed E-state index contributed by atoms with van der Waals surface area (Å²) in [7, 11) is 0. The lowest BCUT2D eigenvalue weighted by atomic mass is 9.97. The molecule has 0 saturated heterocycles. The summed E-state index contributed by atoms with van der Waals surface area (Å²) in [5, 5.41) is 0. The Kier molecular flexibility index (Phi) is 4.26. The minimum Gasteiger partial charge on any atom is -0.330 e. The van der Waals surface area contributed by atoms with E-state index in [4.69, 9.17) is 5.73 Å². The Labute approximate surface area is 82.9 Å². The summed E-state index contributed by atoms with van der Waals surface area (Å²) < 4.78 is 13.2. The molecule has 0 aliphatic heterocycles. The fourth-order valence-electron chi connectivity index (χ4n) is 1.38. The van der Waals surface area contributed by atoms with Crippen molar-refractivity contribution in [3.63, 3.8) is 0 Å². The summed E-state index contributed by atoms with van der Waals surface area (Å²) in [6.07, 6.45) is 1.89. The highest BCUT2D eigenvalue weighted by atomic mass is 19.1. The van der Waals surface area contributed by atoms with Crippen LogP contribution in [-0.4, -0.2) is 12.8 Å². The van der Waals surface area contributed by atoms with Crippen LogP contribution < -0.4 is 5.73 Å². The second-order valence-corrected chi connectivity index (χ2v) is 3.27. The molecule has 1 atom stereocenters. The van der Waals surface area contributed by atoms with Gasteiger partial charge in [0.1, 0.15) is 12.1 Å². The molecule has 1 unspecified atom stereocenters. The van der Waals surface area contributed by atoms with Gasteiger partial charge >= 0.3 is 0 Å². The summed E-state index contributed by atoms with van der Waals surface area (Å²) in [4.78, 5) is 10.6. The van der Waals surface area contributed by atoms with Gasteiger partial charge in [0.2, 0.25) is 0 Å².